The van der Waals surface area contributed by atoms with E-state index in [1.54, 1.807) is 0 Å². The van der Waals surface area contributed by atoms with Crippen molar-refractivity contribution in [3.8, 4) is 11.3 Å². The highest BCUT2D eigenvalue weighted by Crippen LogP contribution is 2.47. The Morgan fingerprint density at radius 1 is 1.05 bits per heavy atom. The summed E-state index contributed by atoms with van der Waals surface area (Å²) in [6, 6.07) is 1.47. The first-order chi connectivity index (χ1) is 10.2. The van der Waals surface area contributed by atoms with Crippen LogP contribution in [0.25, 0.3) is 11.3 Å². The molecule has 0 aliphatic carbocycles. The molecule has 0 aliphatic rings. The van der Waals surface area contributed by atoms with Crippen molar-refractivity contribution in [1.29, 1.82) is 0 Å². The Kier molecular flexibility index (Phi) is 5.30. The van der Waals surface area contributed by atoms with Crippen LogP contribution in [0.3, 0.4) is 0 Å². The predicted octanol–water partition coefficient (Wildman–Crippen LogP) is 5.22. The van der Waals surface area contributed by atoms with Crippen LogP contribution >= 0.6 is 58.0 Å². The second-order valence-corrected chi connectivity index (χ2v) is 6.17. The zero-order chi connectivity index (χ0) is 16.6. The maximum Gasteiger partial charge on any atom is 0.307 e. The number of halogens is 5. The van der Waals surface area contributed by atoms with Crippen molar-refractivity contribution in [2.24, 2.45) is 0 Å². The molecule has 4 nitrogen and oxygen atoms in total. The second kappa shape index (κ2) is 6.69. The van der Waals surface area contributed by atoms with Gasteiger partial charge >= 0.3 is 5.97 Å². The second-order valence-electron chi connectivity index (χ2n) is 4.28. The quantitative estimate of drug-likeness (QED) is 0.547. The van der Waals surface area contributed by atoms with E-state index in [0.717, 1.165) is 0 Å². The summed E-state index contributed by atoms with van der Waals surface area (Å²) < 4.78 is 0. The average molecular weight is 400 g/mol. The Balaban J connectivity index is 2.70. The molecular weight excluding hydrogens is 393 g/mol. The number of carboxylic acids is 1. The molecule has 0 saturated carbocycles. The molecule has 22 heavy (non-hydrogen) atoms. The number of nitrogen functional groups attached to an aromatic ring is 1. The fourth-order valence-electron chi connectivity index (χ4n) is 1.79. The molecular formula is C13H7Cl5N2O2. The first-order valence-corrected chi connectivity index (χ1v) is 7.61. The molecule has 0 fully saturated rings. The molecule has 116 valence electrons. The van der Waals surface area contributed by atoms with Crippen molar-refractivity contribution in [3.05, 3.63) is 42.9 Å². The SMILES string of the molecule is Nc1cnc(-c2c(Cl)c(Cl)c(Cl)c(Cl)c2Cl)cc1CC(=O)O. The number of aliphatic carboxylic acids is 1. The molecule has 9 heteroatoms. The monoisotopic (exact) mass is 398 g/mol. The molecule has 0 bridgehead atoms. The minimum Gasteiger partial charge on any atom is -0.481 e. The topological polar surface area (TPSA) is 76.2 Å². The normalized spacial score (nSPS) is 10.8. The summed E-state index contributed by atoms with van der Waals surface area (Å²) >= 11 is 30.3. The van der Waals surface area contributed by atoms with Gasteiger partial charge in [-0.15, -0.1) is 0 Å². The van der Waals surface area contributed by atoms with Crippen LogP contribution in [0.4, 0.5) is 5.69 Å². The van der Waals surface area contributed by atoms with Crippen LogP contribution in [-0.4, -0.2) is 16.1 Å². The lowest BCUT2D eigenvalue weighted by molar-refractivity contribution is -0.136. The van der Waals surface area contributed by atoms with E-state index in [2.05, 4.69) is 4.98 Å². The van der Waals surface area contributed by atoms with E-state index < -0.39 is 5.97 Å². The Hall–Kier alpha value is -0.910. The zero-order valence-electron chi connectivity index (χ0n) is 10.6. The lowest BCUT2D eigenvalue weighted by Crippen LogP contribution is -2.05. The van der Waals surface area contributed by atoms with Crippen LogP contribution in [0.1, 0.15) is 5.56 Å². The van der Waals surface area contributed by atoms with Crippen LogP contribution < -0.4 is 5.73 Å². The number of hydrogen-bond acceptors (Lipinski definition) is 3. The van der Waals surface area contributed by atoms with Gasteiger partial charge in [-0.3, -0.25) is 9.78 Å². The van der Waals surface area contributed by atoms with Crippen molar-refractivity contribution in [2.75, 3.05) is 5.73 Å². The molecule has 0 radical (unpaired) electrons. The van der Waals surface area contributed by atoms with Gasteiger partial charge in [0.2, 0.25) is 0 Å². The van der Waals surface area contributed by atoms with Gasteiger partial charge in [-0.05, 0) is 11.6 Å². The molecule has 1 heterocycles. The smallest absolute Gasteiger partial charge is 0.307 e. The lowest BCUT2D eigenvalue weighted by Gasteiger charge is -2.13. The predicted molar refractivity (Wildman–Crippen MR) is 90.5 cm³/mol. The first kappa shape index (κ1) is 17.4. The number of nitrogens with zero attached hydrogens (tertiary/aromatic N) is 1. The van der Waals surface area contributed by atoms with E-state index in [4.69, 9.17) is 68.8 Å². The van der Waals surface area contributed by atoms with E-state index >= 15 is 0 Å². The van der Waals surface area contributed by atoms with Crippen LogP contribution in [0.5, 0.6) is 0 Å². The van der Waals surface area contributed by atoms with Crippen LogP contribution in [0, 0.1) is 0 Å². The van der Waals surface area contributed by atoms with Gasteiger partial charge in [0.25, 0.3) is 0 Å². The number of hydrogen-bond donors (Lipinski definition) is 2. The summed E-state index contributed by atoms with van der Waals surface area (Å²) in [6.45, 7) is 0. The molecule has 2 aromatic rings. The van der Waals surface area contributed by atoms with Crippen LogP contribution in [0.2, 0.25) is 25.1 Å². The van der Waals surface area contributed by atoms with Gasteiger partial charge in [-0.2, -0.15) is 0 Å². The van der Waals surface area contributed by atoms with E-state index in [0.29, 0.717) is 11.3 Å². The summed E-state index contributed by atoms with van der Waals surface area (Å²) in [7, 11) is 0. The number of carbonyl (C=O) groups is 1. The third kappa shape index (κ3) is 3.21. The number of nitrogens with two attached hydrogens (primary N) is 1. The van der Waals surface area contributed by atoms with E-state index in [1.165, 1.54) is 12.3 Å². The maximum atomic E-state index is 10.9. The van der Waals surface area contributed by atoms with Gasteiger partial charge in [-0.25, -0.2) is 0 Å². The van der Waals surface area contributed by atoms with Crippen molar-refractivity contribution in [1.82, 2.24) is 4.98 Å². The van der Waals surface area contributed by atoms with Crippen molar-refractivity contribution < 1.29 is 9.90 Å². The van der Waals surface area contributed by atoms with Crippen LogP contribution in [0.15, 0.2) is 12.3 Å². The highest BCUT2D eigenvalue weighted by Gasteiger charge is 2.22. The van der Waals surface area contributed by atoms with Crippen LogP contribution in [-0.2, 0) is 11.2 Å². The molecule has 0 spiro atoms. The van der Waals surface area contributed by atoms with E-state index in [-0.39, 0.29) is 42.8 Å². The fraction of sp³-hybridized carbons (Fsp3) is 0.0769. The van der Waals surface area contributed by atoms with Gasteiger partial charge in [-0.1, -0.05) is 58.0 Å². The van der Waals surface area contributed by atoms with E-state index in [1.807, 2.05) is 0 Å². The molecule has 0 atom stereocenters. The summed E-state index contributed by atoms with van der Waals surface area (Å²) in [5, 5.41) is 9.13. The summed E-state index contributed by atoms with van der Waals surface area (Å²) in [6.07, 6.45) is 1.04. The Bertz CT molecular complexity index is 751. The minimum absolute atomic E-state index is 0.0308. The zero-order valence-corrected chi connectivity index (χ0v) is 14.4. The molecule has 0 unspecified atom stereocenters. The molecule has 2 rings (SSSR count). The lowest BCUT2D eigenvalue weighted by atomic mass is 10.1. The molecule has 1 aromatic heterocycles. The molecule has 0 saturated heterocycles. The van der Waals surface area contributed by atoms with Crippen molar-refractivity contribution in [2.45, 2.75) is 6.42 Å². The van der Waals surface area contributed by atoms with Gasteiger partial charge in [0.05, 0.1) is 49.1 Å². The fourth-order valence-corrected chi connectivity index (χ4v) is 3.12. The first-order valence-electron chi connectivity index (χ1n) is 5.72. The minimum atomic E-state index is -1.03. The molecule has 1 aromatic carbocycles. The number of carboxylic acid groups (broad SMARTS) is 1. The highest BCUT2D eigenvalue weighted by molar-refractivity contribution is 6.56. The summed E-state index contributed by atoms with van der Waals surface area (Å²) in [5.74, 6) is -1.03. The number of anilines is 1. The van der Waals surface area contributed by atoms with Gasteiger partial charge in [0.15, 0.2) is 0 Å². The summed E-state index contributed by atoms with van der Waals surface area (Å²) in [5.41, 5.74) is 6.87. The molecule has 0 amide bonds. The molecule has 0 aliphatic heterocycles. The van der Waals surface area contributed by atoms with Gasteiger partial charge < -0.3 is 10.8 Å². The standard InChI is InChI=1S/C13H7Cl5N2O2/c14-9-8(10(15)12(17)13(18)11(9)16)6-1-4(2-7(21)22)5(19)3-20-6/h1,3H,2,19H2,(H,21,22). The number of aromatic nitrogens is 1. The third-order valence-electron chi connectivity index (χ3n) is 2.83. The van der Waals surface area contributed by atoms with Gasteiger partial charge in [0, 0.05) is 5.56 Å². The Morgan fingerprint density at radius 2 is 1.55 bits per heavy atom. The largest absolute Gasteiger partial charge is 0.481 e. The number of pyridine rings is 1. The van der Waals surface area contributed by atoms with Crippen molar-refractivity contribution in [3.63, 3.8) is 0 Å². The van der Waals surface area contributed by atoms with Crippen molar-refractivity contribution >= 4 is 69.7 Å². The molecule has 3 N–H and O–H groups in total. The number of benzene rings is 1. The van der Waals surface area contributed by atoms with E-state index in [9.17, 15) is 4.79 Å². The summed E-state index contributed by atoms with van der Waals surface area (Å²) in [4.78, 5) is 15.0. The maximum absolute atomic E-state index is 10.9. The highest BCUT2D eigenvalue weighted by atomic mass is 35.5. The average Bonchev–Trinajstić information content (AvgIpc) is 2.46. The Labute approximate surface area is 150 Å². The van der Waals surface area contributed by atoms with Gasteiger partial charge in [0.1, 0.15) is 0 Å². The number of rotatable bonds is 3. The third-order valence-corrected chi connectivity index (χ3v) is 5.11. The Morgan fingerprint density at radius 3 is 2.05 bits per heavy atom.